The van der Waals surface area contributed by atoms with Crippen molar-refractivity contribution in [3.8, 4) is 0 Å². The Morgan fingerprint density at radius 3 is 2.78 bits per heavy atom. The first-order valence-corrected chi connectivity index (χ1v) is 7.35. The van der Waals surface area contributed by atoms with Gasteiger partial charge in [0, 0.05) is 25.7 Å². The number of hydrogen-bond donors (Lipinski definition) is 1. The van der Waals surface area contributed by atoms with E-state index < -0.39 is 15.8 Å². The van der Waals surface area contributed by atoms with Crippen LogP contribution in [0.5, 0.6) is 0 Å². The lowest BCUT2D eigenvalue weighted by Gasteiger charge is -2.31. The molecule has 1 aromatic carbocycles. The largest absolute Gasteiger partial charge is 0.312 e. The molecule has 0 saturated carbocycles. The van der Waals surface area contributed by atoms with Crippen LogP contribution in [0.3, 0.4) is 0 Å². The number of halogens is 1. The number of sulfonamides is 1. The maximum atomic E-state index is 13.5. The smallest absolute Gasteiger partial charge is 0.243 e. The zero-order valence-electron chi connectivity index (χ0n) is 10.5. The van der Waals surface area contributed by atoms with Gasteiger partial charge in [-0.15, -0.1) is 0 Å². The van der Waals surface area contributed by atoms with Crippen molar-refractivity contribution in [1.82, 2.24) is 9.62 Å². The Kier molecular flexibility index (Phi) is 3.70. The van der Waals surface area contributed by atoms with Crippen LogP contribution in [0.15, 0.2) is 23.1 Å². The highest BCUT2D eigenvalue weighted by atomic mass is 32.2. The summed E-state index contributed by atoms with van der Waals surface area (Å²) < 4.78 is 39.5. The van der Waals surface area contributed by atoms with Crippen LogP contribution in [-0.4, -0.2) is 38.4 Å². The molecule has 0 aliphatic carbocycles. The number of hydrogen-bond acceptors (Lipinski definition) is 3. The Balaban J connectivity index is 2.32. The van der Waals surface area contributed by atoms with Gasteiger partial charge in [-0.3, -0.25) is 0 Å². The first-order chi connectivity index (χ1) is 8.41. The molecule has 1 atom stereocenters. The van der Waals surface area contributed by atoms with Crippen LogP contribution in [0, 0.1) is 12.7 Å². The molecule has 1 aliphatic heterocycles. The zero-order chi connectivity index (χ0) is 13.3. The highest BCUT2D eigenvalue weighted by molar-refractivity contribution is 7.89. The second-order valence-electron chi connectivity index (χ2n) is 4.63. The van der Waals surface area contributed by atoms with Crippen molar-refractivity contribution >= 4 is 10.0 Å². The number of nitrogens with zero attached hydrogens (tertiary/aromatic N) is 1. The highest BCUT2D eigenvalue weighted by Gasteiger charge is 2.28. The van der Waals surface area contributed by atoms with E-state index in [0.717, 1.165) is 6.07 Å². The quantitative estimate of drug-likeness (QED) is 0.877. The summed E-state index contributed by atoms with van der Waals surface area (Å²) in [5, 5.41) is 3.18. The lowest BCUT2D eigenvalue weighted by atomic mass is 10.2. The Morgan fingerprint density at radius 2 is 2.17 bits per heavy atom. The van der Waals surface area contributed by atoms with Crippen molar-refractivity contribution in [2.75, 3.05) is 19.6 Å². The summed E-state index contributed by atoms with van der Waals surface area (Å²) in [6, 6.07) is 4.16. The van der Waals surface area contributed by atoms with Gasteiger partial charge in [-0.2, -0.15) is 4.31 Å². The van der Waals surface area contributed by atoms with Crippen molar-refractivity contribution in [3.05, 3.63) is 29.6 Å². The molecule has 1 heterocycles. The van der Waals surface area contributed by atoms with Gasteiger partial charge >= 0.3 is 0 Å². The van der Waals surface area contributed by atoms with E-state index in [1.54, 1.807) is 6.92 Å². The first-order valence-electron chi connectivity index (χ1n) is 5.91. The minimum atomic E-state index is -3.58. The first kappa shape index (κ1) is 13.5. The van der Waals surface area contributed by atoms with E-state index in [1.807, 2.05) is 6.92 Å². The molecule has 0 spiro atoms. The molecular weight excluding hydrogens is 255 g/mol. The second-order valence-corrected chi connectivity index (χ2v) is 6.57. The van der Waals surface area contributed by atoms with Crippen LogP contribution < -0.4 is 5.32 Å². The molecule has 0 unspecified atom stereocenters. The van der Waals surface area contributed by atoms with Gasteiger partial charge in [-0.1, -0.05) is 6.07 Å². The number of piperazine rings is 1. The van der Waals surface area contributed by atoms with Gasteiger partial charge in [0.1, 0.15) is 5.82 Å². The van der Waals surface area contributed by atoms with E-state index in [2.05, 4.69) is 5.32 Å². The van der Waals surface area contributed by atoms with Gasteiger partial charge in [0.2, 0.25) is 10.0 Å². The van der Waals surface area contributed by atoms with Gasteiger partial charge in [0.05, 0.1) is 4.90 Å². The fourth-order valence-electron chi connectivity index (χ4n) is 2.00. The molecule has 1 aliphatic rings. The molecule has 100 valence electrons. The Bertz CT molecular complexity index is 545. The number of benzene rings is 1. The fourth-order valence-corrected chi connectivity index (χ4v) is 3.54. The maximum Gasteiger partial charge on any atom is 0.243 e. The summed E-state index contributed by atoms with van der Waals surface area (Å²) >= 11 is 0. The Hall–Kier alpha value is -0.980. The molecule has 0 radical (unpaired) electrons. The molecule has 4 nitrogen and oxygen atoms in total. The standard InChI is InChI=1S/C12H17FN2O2S/c1-9-3-4-11(7-12(9)13)18(16,17)15-6-5-14-10(2)8-15/h3-4,7,10,14H,5-6,8H2,1-2H3/t10-/m1/s1. The molecule has 2 rings (SSSR count). The van der Waals surface area contributed by atoms with Crippen LogP contribution >= 0.6 is 0 Å². The van der Waals surface area contributed by atoms with E-state index in [4.69, 9.17) is 0 Å². The molecule has 6 heteroatoms. The van der Waals surface area contributed by atoms with Gasteiger partial charge in [0.15, 0.2) is 0 Å². The summed E-state index contributed by atoms with van der Waals surface area (Å²) in [7, 11) is -3.58. The second kappa shape index (κ2) is 4.95. The summed E-state index contributed by atoms with van der Waals surface area (Å²) in [5.41, 5.74) is 0.447. The minimum Gasteiger partial charge on any atom is -0.312 e. The van der Waals surface area contributed by atoms with Crippen LogP contribution in [0.1, 0.15) is 12.5 Å². The molecule has 1 N–H and O–H groups in total. The SMILES string of the molecule is Cc1ccc(S(=O)(=O)N2CCN[C@H](C)C2)cc1F. The topological polar surface area (TPSA) is 49.4 Å². The van der Waals surface area contributed by atoms with E-state index in [-0.39, 0.29) is 10.9 Å². The van der Waals surface area contributed by atoms with Gasteiger partial charge < -0.3 is 5.32 Å². The minimum absolute atomic E-state index is 0.0275. The fraction of sp³-hybridized carbons (Fsp3) is 0.500. The predicted octanol–water partition coefficient (Wildman–Crippen LogP) is 1.12. The van der Waals surface area contributed by atoms with Gasteiger partial charge in [0.25, 0.3) is 0 Å². The van der Waals surface area contributed by atoms with Crippen LogP contribution in [0.4, 0.5) is 4.39 Å². The van der Waals surface area contributed by atoms with E-state index in [1.165, 1.54) is 16.4 Å². The van der Waals surface area contributed by atoms with Crippen LogP contribution in [0.25, 0.3) is 0 Å². The van der Waals surface area contributed by atoms with Crippen molar-refractivity contribution in [2.24, 2.45) is 0 Å². The third-order valence-corrected chi connectivity index (χ3v) is 4.97. The third-order valence-electron chi connectivity index (χ3n) is 3.11. The Labute approximate surface area is 107 Å². The van der Waals surface area contributed by atoms with E-state index in [9.17, 15) is 12.8 Å². The van der Waals surface area contributed by atoms with Crippen molar-refractivity contribution in [3.63, 3.8) is 0 Å². The Morgan fingerprint density at radius 1 is 1.44 bits per heavy atom. The summed E-state index contributed by atoms with van der Waals surface area (Å²) in [5.74, 6) is -0.487. The normalized spacial score (nSPS) is 22.1. The lowest BCUT2D eigenvalue weighted by molar-refractivity contribution is 0.310. The van der Waals surface area contributed by atoms with Crippen LogP contribution in [-0.2, 0) is 10.0 Å². The molecule has 0 amide bonds. The number of aryl methyl sites for hydroxylation is 1. The molecule has 1 saturated heterocycles. The zero-order valence-corrected chi connectivity index (χ0v) is 11.3. The third kappa shape index (κ3) is 2.55. The monoisotopic (exact) mass is 272 g/mol. The summed E-state index contributed by atoms with van der Waals surface area (Å²) in [6.07, 6.45) is 0. The number of nitrogens with one attached hydrogen (secondary N) is 1. The van der Waals surface area contributed by atoms with Gasteiger partial charge in [-0.25, -0.2) is 12.8 Å². The van der Waals surface area contributed by atoms with E-state index in [0.29, 0.717) is 25.2 Å². The summed E-state index contributed by atoms with van der Waals surface area (Å²) in [6.45, 7) is 4.99. The van der Waals surface area contributed by atoms with Crippen molar-refractivity contribution in [2.45, 2.75) is 24.8 Å². The molecule has 1 fully saturated rings. The molecule has 0 aromatic heterocycles. The maximum absolute atomic E-state index is 13.5. The molecule has 18 heavy (non-hydrogen) atoms. The van der Waals surface area contributed by atoms with Crippen molar-refractivity contribution < 1.29 is 12.8 Å². The highest BCUT2D eigenvalue weighted by Crippen LogP contribution is 2.19. The van der Waals surface area contributed by atoms with Crippen LogP contribution in [0.2, 0.25) is 0 Å². The molecule has 0 bridgehead atoms. The number of rotatable bonds is 2. The van der Waals surface area contributed by atoms with E-state index >= 15 is 0 Å². The lowest BCUT2D eigenvalue weighted by Crippen LogP contribution is -2.51. The average Bonchev–Trinajstić information content (AvgIpc) is 2.32. The van der Waals surface area contributed by atoms with Crippen molar-refractivity contribution in [1.29, 1.82) is 0 Å². The molecule has 1 aromatic rings. The van der Waals surface area contributed by atoms with Gasteiger partial charge in [-0.05, 0) is 31.5 Å². The summed E-state index contributed by atoms with van der Waals surface area (Å²) in [4.78, 5) is 0.0275. The molecular formula is C12H17FN2O2S. The average molecular weight is 272 g/mol. The predicted molar refractivity (Wildman–Crippen MR) is 67.4 cm³/mol.